The van der Waals surface area contributed by atoms with E-state index in [1.54, 1.807) is 0 Å². The van der Waals surface area contributed by atoms with Gasteiger partial charge in [0.1, 0.15) is 0 Å². The summed E-state index contributed by atoms with van der Waals surface area (Å²) in [6, 6.07) is -0.545. The number of nitrogens with one attached hydrogen (secondary N) is 1. The highest BCUT2D eigenvalue weighted by Gasteiger charge is 2.20. The maximum Gasteiger partial charge on any atom is 0.305 e. The zero-order valence-corrected chi connectivity index (χ0v) is 46.3. The maximum absolute atomic E-state index is 12.5. The molecule has 0 heterocycles. The van der Waals surface area contributed by atoms with Crippen LogP contribution in [0.5, 0.6) is 0 Å². The van der Waals surface area contributed by atoms with Gasteiger partial charge in [0.2, 0.25) is 5.91 Å². The Kier molecular flexibility index (Phi) is 57.0. The van der Waals surface area contributed by atoms with Crippen molar-refractivity contribution in [2.24, 2.45) is 0 Å². The molecule has 0 aromatic heterocycles. The smallest absolute Gasteiger partial charge is 0.305 e. The Morgan fingerprint density at radius 1 is 0.406 bits per heavy atom. The van der Waals surface area contributed by atoms with E-state index in [1.807, 2.05) is 0 Å². The third-order valence-corrected chi connectivity index (χ3v) is 14.2. The van der Waals surface area contributed by atoms with Crippen LogP contribution in [0, 0.1) is 0 Å². The molecule has 0 aromatic rings. The van der Waals surface area contributed by atoms with Crippen LogP contribution in [-0.2, 0) is 14.3 Å². The fraction of sp³-hybridized carbons (Fsp3) is 0.873. The number of aliphatic hydroxyl groups excluding tert-OH is 2. The van der Waals surface area contributed by atoms with Crippen LogP contribution in [0.3, 0.4) is 0 Å². The number of hydrogen-bond donors (Lipinski definition) is 3. The molecule has 0 fully saturated rings. The summed E-state index contributed by atoms with van der Waals surface area (Å²) in [5.41, 5.74) is 0. The molecule has 0 saturated carbocycles. The molecule has 2 atom stereocenters. The first-order valence-corrected chi connectivity index (χ1v) is 30.7. The summed E-state index contributed by atoms with van der Waals surface area (Å²) in [6.07, 6.45) is 73.1. The summed E-state index contributed by atoms with van der Waals surface area (Å²) in [4.78, 5) is 24.5. The van der Waals surface area contributed by atoms with Crippen molar-refractivity contribution in [3.05, 3.63) is 36.5 Å². The molecule has 0 aromatic carbocycles. The fourth-order valence-electron chi connectivity index (χ4n) is 9.47. The molecule has 6 nitrogen and oxygen atoms in total. The van der Waals surface area contributed by atoms with Gasteiger partial charge in [-0.05, 0) is 70.6 Å². The highest BCUT2D eigenvalue weighted by Crippen LogP contribution is 2.17. The molecule has 3 N–H and O–H groups in total. The van der Waals surface area contributed by atoms with Gasteiger partial charge in [-0.25, -0.2) is 0 Å². The van der Waals surface area contributed by atoms with Crippen LogP contribution in [0.15, 0.2) is 36.5 Å². The third kappa shape index (κ3) is 55.2. The number of amides is 1. The zero-order valence-electron chi connectivity index (χ0n) is 46.3. The second-order valence-electron chi connectivity index (χ2n) is 21.0. The van der Waals surface area contributed by atoms with Gasteiger partial charge in [0, 0.05) is 12.8 Å². The molecule has 0 spiro atoms. The first kappa shape index (κ1) is 67.1. The molecule has 69 heavy (non-hydrogen) atoms. The highest BCUT2D eigenvalue weighted by atomic mass is 16.5. The standard InChI is InChI=1S/C63H119NO5/c1-3-5-7-9-11-13-15-17-18-19-26-29-33-37-41-45-49-53-57-63(68)69-58-54-50-46-42-38-34-30-27-24-22-20-21-23-25-28-32-36-40-44-48-52-56-62(67)64-60(59-65)61(66)55-51-47-43-39-35-31-16-14-12-10-8-6-4-2/h18-19,34,38,46,50,60-61,65-66H,3-17,20-33,35-37,39-45,47-49,51-59H2,1-2H3,(H,64,67)/b19-18-,38-34-,50-46-. The summed E-state index contributed by atoms with van der Waals surface area (Å²) in [7, 11) is 0. The lowest BCUT2D eigenvalue weighted by atomic mass is 10.0. The molecule has 0 aliphatic rings. The van der Waals surface area contributed by atoms with Crippen LogP contribution < -0.4 is 5.32 Å². The molecular weight excluding hydrogens is 851 g/mol. The number of rotatable bonds is 57. The molecule has 0 aliphatic carbocycles. The molecular formula is C63H119NO5. The van der Waals surface area contributed by atoms with Gasteiger partial charge >= 0.3 is 5.97 Å². The Hall–Kier alpha value is -1.92. The molecule has 2 unspecified atom stereocenters. The van der Waals surface area contributed by atoms with Crippen molar-refractivity contribution < 1.29 is 24.5 Å². The van der Waals surface area contributed by atoms with Crippen LogP contribution in [0.1, 0.15) is 328 Å². The average Bonchev–Trinajstić information content (AvgIpc) is 3.35. The molecule has 0 rings (SSSR count). The second kappa shape index (κ2) is 58.6. The Balaban J connectivity index is 3.44. The summed E-state index contributed by atoms with van der Waals surface area (Å²) < 4.78 is 5.43. The summed E-state index contributed by atoms with van der Waals surface area (Å²) >= 11 is 0. The van der Waals surface area contributed by atoms with Gasteiger partial charge in [-0.2, -0.15) is 0 Å². The van der Waals surface area contributed by atoms with Gasteiger partial charge in [-0.15, -0.1) is 0 Å². The predicted molar refractivity (Wildman–Crippen MR) is 301 cm³/mol. The molecule has 6 heteroatoms. The van der Waals surface area contributed by atoms with Crippen LogP contribution in [0.4, 0.5) is 0 Å². The molecule has 0 radical (unpaired) electrons. The first-order chi connectivity index (χ1) is 34.0. The molecule has 0 saturated heterocycles. The Morgan fingerprint density at radius 2 is 0.725 bits per heavy atom. The number of esters is 1. The van der Waals surface area contributed by atoms with Crippen molar-refractivity contribution in [2.75, 3.05) is 13.2 Å². The Bertz CT molecular complexity index is 1120. The van der Waals surface area contributed by atoms with Crippen molar-refractivity contribution in [3.63, 3.8) is 0 Å². The SMILES string of the molecule is CCCCCCCCC/C=C\CCCCCCCCCC(=O)OCC/C=C\C/C=C\CCCCCCCCCCCCCCCCC(=O)NC(CO)C(O)CCCCCCCCCCCCCCC. The van der Waals surface area contributed by atoms with E-state index in [4.69, 9.17) is 4.74 Å². The van der Waals surface area contributed by atoms with Gasteiger partial charge in [-0.1, -0.05) is 281 Å². The fourth-order valence-corrected chi connectivity index (χ4v) is 9.47. The van der Waals surface area contributed by atoms with Crippen molar-refractivity contribution in [3.8, 4) is 0 Å². The van der Waals surface area contributed by atoms with Crippen LogP contribution >= 0.6 is 0 Å². The van der Waals surface area contributed by atoms with Gasteiger partial charge in [0.25, 0.3) is 0 Å². The molecule has 1 amide bonds. The number of aliphatic hydroxyl groups is 2. The Labute approximate surface area is 430 Å². The quantitative estimate of drug-likeness (QED) is 0.0321. The monoisotopic (exact) mass is 970 g/mol. The van der Waals surface area contributed by atoms with Gasteiger partial charge in [-0.3, -0.25) is 9.59 Å². The average molecular weight is 971 g/mol. The van der Waals surface area contributed by atoms with E-state index in [0.29, 0.717) is 25.9 Å². The molecule has 0 bridgehead atoms. The number of allylic oxidation sites excluding steroid dienone is 5. The van der Waals surface area contributed by atoms with Gasteiger partial charge in [0.05, 0.1) is 25.4 Å². The van der Waals surface area contributed by atoms with E-state index in [9.17, 15) is 19.8 Å². The Morgan fingerprint density at radius 3 is 1.12 bits per heavy atom. The first-order valence-electron chi connectivity index (χ1n) is 30.7. The van der Waals surface area contributed by atoms with Gasteiger partial charge < -0.3 is 20.3 Å². The van der Waals surface area contributed by atoms with E-state index in [1.165, 1.54) is 244 Å². The predicted octanol–water partition coefficient (Wildman–Crippen LogP) is 19.2. The third-order valence-electron chi connectivity index (χ3n) is 14.2. The minimum Gasteiger partial charge on any atom is -0.465 e. The number of unbranched alkanes of at least 4 members (excludes halogenated alkanes) is 40. The van der Waals surface area contributed by atoms with E-state index < -0.39 is 12.1 Å². The van der Waals surface area contributed by atoms with Gasteiger partial charge in [0.15, 0.2) is 0 Å². The zero-order chi connectivity index (χ0) is 50.0. The normalized spacial score (nSPS) is 12.8. The highest BCUT2D eigenvalue weighted by molar-refractivity contribution is 5.76. The van der Waals surface area contributed by atoms with Crippen molar-refractivity contribution in [1.82, 2.24) is 5.32 Å². The number of carbonyl (C=O) groups excluding carboxylic acids is 2. The van der Waals surface area contributed by atoms with E-state index in [-0.39, 0.29) is 18.5 Å². The maximum atomic E-state index is 12.5. The summed E-state index contributed by atoms with van der Waals surface area (Å²) in [5, 5.41) is 23.2. The van der Waals surface area contributed by atoms with Crippen molar-refractivity contribution >= 4 is 11.9 Å². The van der Waals surface area contributed by atoms with E-state index in [2.05, 4.69) is 55.6 Å². The van der Waals surface area contributed by atoms with Crippen LogP contribution in [-0.4, -0.2) is 47.4 Å². The van der Waals surface area contributed by atoms with E-state index in [0.717, 1.165) is 51.4 Å². The summed E-state index contributed by atoms with van der Waals surface area (Å²) in [6.45, 7) is 4.85. The number of hydrogen-bond acceptors (Lipinski definition) is 5. The van der Waals surface area contributed by atoms with Crippen LogP contribution in [0.25, 0.3) is 0 Å². The second-order valence-corrected chi connectivity index (χ2v) is 21.0. The molecule has 0 aliphatic heterocycles. The molecule has 406 valence electrons. The minimum atomic E-state index is -0.667. The topological polar surface area (TPSA) is 95.9 Å². The lowest BCUT2D eigenvalue weighted by Gasteiger charge is -2.22. The lowest BCUT2D eigenvalue weighted by Crippen LogP contribution is -2.45. The summed E-state index contributed by atoms with van der Waals surface area (Å²) in [5.74, 6) is -0.0774. The number of ether oxygens (including phenoxy) is 1. The van der Waals surface area contributed by atoms with Crippen LogP contribution in [0.2, 0.25) is 0 Å². The lowest BCUT2D eigenvalue weighted by molar-refractivity contribution is -0.143. The largest absolute Gasteiger partial charge is 0.465 e. The minimum absolute atomic E-state index is 0.0380. The van der Waals surface area contributed by atoms with E-state index >= 15 is 0 Å². The van der Waals surface area contributed by atoms with Crippen molar-refractivity contribution in [1.29, 1.82) is 0 Å². The van der Waals surface area contributed by atoms with Crippen molar-refractivity contribution in [2.45, 2.75) is 341 Å². The number of carbonyl (C=O) groups is 2.